The first kappa shape index (κ1) is 18.0. The summed E-state index contributed by atoms with van der Waals surface area (Å²) in [5, 5.41) is 1.55. The van der Waals surface area contributed by atoms with E-state index in [-0.39, 0.29) is 23.8 Å². The number of hydrogen-bond acceptors (Lipinski definition) is 4. The molecule has 0 amide bonds. The van der Waals surface area contributed by atoms with Gasteiger partial charge in [-0.25, -0.2) is 0 Å². The Morgan fingerprint density at radius 3 is 1.33 bits per heavy atom. The average Bonchev–Trinajstić information content (AvgIpc) is 2.47. The number of ketones is 2. The van der Waals surface area contributed by atoms with Crippen molar-refractivity contribution in [3.63, 3.8) is 0 Å². The van der Waals surface area contributed by atoms with E-state index >= 15 is 0 Å². The third kappa shape index (κ3) is 3.42. The van der Waals surface area contributed by atoms with Crippen LogP contribution in [0.2, 0.25) is 0 Å². The van der Waals surface area contributed by atoms with Crippen molar-refractivity contribution < 1.29 is 19.1 Å². The Morgan fingerprint density at radius 1 is 0.750 bits per heavy atom. The van der Waals surface area contributed by atoms with E-state index in [9.17, 15) is 9.59 Å². The number of fused-ring (bicyclic) bond motifs is 1. The third-order valence-electron chi connectivity index (χ3n) is 3.53. The van der Waals surface area contributed by atoms with Crippen LogP contribution in [0.1, 0.15) is 62.3 Å². The zero-order valence-corrected chi connectivity index (χ0v) is 15.1. The molecule has 4 heteroatoms. The van der Waals surface area contributed by atoms with E-state index in [2.05, 4.69) is 0 Å². The van der Waals surface area contributed by atoms with E-state index in [4.69, 9.17) is 9.47 Å². The van der Waals surface area contributed by atoms with Crippen molar-refractivity contribution in [2.75, 3.05) is 0 Å². The molecule has 24 heavy (non-hydrogen) atoms. The molecule has 2 rings (SSSR count). The molecule has 0 radical (unpaired) electrons. The first-order valence-corrected chi connectivity index (χ1v) is 8.17. The summed E-state index contributed by atoms with van der Waals surface area (Å²) in [7, 11) is 0. The van der Waals surface area contributed by atoms with Crippen molar-refractivity contribution in [1.82, 2.24) is 0 Å². The highest BCUT2D eigenvalue weighted by molar-refractivity contribution is 6.17. The van der Waals surface area contributed by atoms with Gasteiger partial charge < -0.3 is 9.47 Å². The molecule has 0 saturated heterocycles. The molecule has 0 aromatic heterocycles. The van der Waals surface area contributed by atoms with Crippen molar-refractivity contribution in [2.45, 2.75) is 53.8 Å². The van der Waals surface area contributed by atoms with Crippen LogP contribution < -0.4 is 9.47 Å². The average molecular weight is 328 g/mol. The van der Waals surface area contributed by atoms with Gasteiger partial charge in [0.25, 0.3) is 0 Å². The summed E-state index contributed by atoms with van der Waals surface area (Å²) in [5.74, 6) is 0.481. The van der Waals surface area contributed by atoms with Gasteiger partial charge in [0.05, 0.1) is 23.3 Å². The van der Waals surface area contributed by atoms with E-state index in [1.54, 1.807) is 0 Å². The lowest BCUT2D eigenvalue weighted by molar-refractivity contribution is 0.0971. The monoisotopic (exact) mass is 328 g/mol. The van der Waals surface area contributed by atoms with E-state index in [0.29, 0.717) is 22.6 Å². The number of carbonyl (C=O) groups is 2. The Balaban J connectivity index is 3.01. The molecular formula is C20H24O4. The predicted octanol–water partition coefficient (Wildman–Crippen LogP) is 4.82. The molecule has 0 aliphatic heterocycles. The van der Waals surface area contributed by atoms with Gasteiger partial charge >= 0.3 is 0 Å². The quantitative estimate of drug-likeness (QED) is 0.713. The van der Waals surface area contributed by atoms with Crippen molar-refractivity contribution in [1.29, 1.82) is 0 Å². The van der Waals surface area contributed by atoms with Gasteiger partial charge in [0, 0.05) is 10.8 Å². The normalized spacial score (nSPS) is 11.2. The smallest absolute Gasteiger partial charge is 0.164 e. The standard InChI is InChI=1S/C20H24O4/c1-11(2)23-19-15-9-7-8-10-16(15)20(24-12(3)4)18(14(6)22)17(19)13(5)21/h7-12H,1-6H3. The van der Waals surface area contributed by atoms with Crippen molar-refractivity contribution in [3.8, 4) is 11.5 Å². The summed E-state index contributed by atoms with van der Waals surface area (Å²) in [6, 6.07) is 7.53. The molecule has 0 aliphatic carbocycles. The van der Waals surface area contributed by atoms with Crippen LogP contribution in [-0.2, 0) is 0 Å². The van der Waals surface area contributed by atoms with Crippen LogP contribution in [0.3, 0.4) is 0 Å². The molecule has 4 nitrogen and oxygen atoms in total. The molecule has 0 unspecified atom stereocenters. The van der Waals surface area contributed by atoms with Crippen LogP contribution in [-0.4, -0.2) is 23.8 Å². The topological polar surface area (TPSA) is 52.6 Å². The SMILES string of the molecule is CC(=O)c1c(C(C)=O)c(OC(C)C)c2ccccc2c1OC(C)C. The second-order valence-electron chi connectivity index (χ2n) is 6.40. The minimum atomic E-state index is -0.213. The third-order valence-corrected chi connectivity index (χ3v) is 3.53. The van der Waals surface area contributed by atoms with Gasteiger partial charge in [-0.1, -0.05) is 24.3 Å². The Hall–Kier alpha value is -2.36. The maximum absolute atomic E-state index is 12.4. The molecule has 0 fully saturated rings. The number of rotatable bonds is 6. The number of ether oxygens (including phenoxy) is 2. The van der Waals surface area contributed by atoms with E-state index < -0.39 is 0 Å². The van der Waals surface area contributed by atoms with Crippen molar-refractivity contribution >= 4 is 22.3 Å². The van der Waals surface area contributed by atoms with Crippen LogP contribution in [0.25, 0.3) is 10.8 Å². The number of Topliss-reactive ketones (excluding diaryl/α,β-unsaturated/α-hetero) is 2. The minimum Gasteiger partial charge on any atom is -0.490 e. The first-order chi connectivity index (χ1) is 11.2. The lowest BCUT2D eigenvalue weighted by Crippen LogP contribution is -2.16. The molecule has 0 N–H and O–H groups in total. The van der Waals surface area contributed by atoms with Crippen molar-refractivity contribution in [3.05, 3.63) is 35.4 Å². The Kier molecular flexibility index (Phi) is 5.27. The van der Waals surface area contributed by atoms with Crippen LogP contribution in [0.15, 0.2) is 24.3 Å². The van der Waals surface area contributed by atoms with Gasteiger partial charge in [-0.2, -0.15) is 0 Å². The predicted molar refractivity (Wildman–Crippen MR) is 95.5 cm³/mol. The molecule has 0 heterocycles. The molecule has 128 valence electrons. The summed E-state index contributed by atoms with van der Waals surface area (Å²) >= 11 is 0. The largest absolute Gasteiger partial charge is 0.490 e. The van der Waals surface area contributed by atoms with E-state index in [0.717, 1.165) is 10.8 Å². The van der Waals surface area contributed by atoms with Gasteiger partial charge in [-0.15, -0.1) is 0 Å². The van der Waals surface area contributed by atoms with Gasteiger partial charge in [0.2, 0.25) is 0 Å². The summed E-state index contributed by atoms with van der Waals surface area (Å²) in [4.78, 5) is 24.7. The highest BCUT2D eigenvalue weighted by Crippen LogP contribution is 2.42. The maximum Gasteiger partial charge on any atom is 0.164 e. The number of carbonyl (C=O) groups excluding carboxylic acids is 2. The highest BCUT2D eigenvalue weighted by atomic mass is 16.5. The minimum absolute atomic E-state index is 0.122. The van der Waals surface area contributed by atoms with E-state index in [1.165, 1.54) is 13.8 Å². The molecule has 0 aliphatic rings. The Morgan fingerprint density at radius 2 is 1.08 bits per heavy atom. The summed E-state index contributed by atoms with van der Waals surface area (Å²) in [5.41, 5.74) is 0.594. The Labute approximate surface area is 142 Å². The number of benzene rings is 2. The molecular weight excluding hydrogens is 304 g/mol. The van der Waals surface area contributed by atoms with Gasteiger partial charge in [0.1, 0.15) is 11.5 Å². The van der Waals surface area contributed by atoms with Crippen molar-refractivity contribution in [2.24, 2.45) is 0 Å². The van der Waals surface area contributed by atoms with Crippen LogP contribution in [0.4, 0.5) is 0 Å². The second kappa shape index (κ2) is 7.04. The summed E-state index contributed by atoms with van der Waals surface area (Å²) < 4.78 is 11.9. The molecule has 2 aromatic rings. The second-order valence-corrected chi connectivity index (χ2v) is 6.40. The van der Waals surface area contributed by atoms with Crippen LogP contribution in [0.5, 0.6) is 11.5 Å². The Bertz CT molecular complexity index is 721. The van der Waals surface area contributed by atoms with Gasteiger partial charge in [-0.05, 0) is 41.5 Å². The zero-order valence-electron chi connectivity index (χ0n) is 15.1. The lowest BCUT2D eigenvalue weighted by atomic mass is 9.93. The fourth-order valence-corrected chi connectivity index (χ4v) is 2.76. The lowest BCUT2D eigenvalue weighted by Gasteiger charge is -2.22. The summed E-state index contributed by atoms with van der Waals surface area (Å²) in [6.45, 7) is 10.5. The van der Waals surface area contributed by atoms with Gasteiger partial charge in [-0.3, -0.25) is 9.59 Å². The molecule has 2 aromatic carbocycles. The highest BCUT2D eigenvalue weighted by Gasteiger charge is 2.27. The fraction of sp³-hybridized carbons (Fsp3) is 0.400. The zero-order chi connectivity index (χ0) is 18.0. The first-order valence-electron chi connectivity index (χ1n) is 8.17. The maximum atomic E-state index is 12.4. The fourth-order valence-electron chi connectivity index (χ4n) is 2.76. The van der Waals surface area contributed by atoms with Gasteiger partial charge in [0.15, 0.2) is 11.6 Å². The van der Waals surface area contributed by atoms with E-state index in [1.807, 2.05) is 52.0 Å². The molecule has 0 saturated carbocycles. The molecule has 0 bridgehead atoms. The van der Waals surface area contributed by atoms with Crippen LogP contribution in [0, 0.1) is 0 Å². The summed E-state index contributed by atoms with van der Waals surface area (Å²) in [6.07, 6.45) is -0.244. The van der Waals surface area contributed by atoms with Crippen LogP contribution >= 0.6 is 0 Å². The number of hydrogen-bond donors (Lipinski definition) is 0. The molecule has 0 atom stereocenters. The molecule has 0 spiro atoms.